The summed E-state index contributed by atoms with van der Waals surface area (Å²) in [5, 5.41) is 15.7. The zero-order chi connectivity index (χ0) is 14.8. The molecule has 6 nitrogen and oxygen atoms in total. The van der Waals surface area contributed by atoms with Gasteiger partial charge in [0.25, 0.3) is 0 Å². The van der Waals surface area contributed by atoms with Crippen LogP contribution in [0.4, 0.5) is 0 Å². The first-order valence-electron chi connectivity index (χ1n) is 7.11. The number of rotatable bonds is 4. The van der Waals surface area contributed by atoms with Crippen LogP contribution in [0, 0.1) is 12.8 Å². The molecule has 114 valence electrons. The van der Waals surface area contributed by atoms with Crippen LogP contribution in [0.1, 0.15) is 50.4 Å². The molecule has 0 aromatic carbocycles. The number of nitrogens with zero attached hydrogens (tertiary/aromatic N) is 1. The normalized spacial score (nSPS) is 24.6. The third-order valence-corrected chi connectivity index (χ3v) is 5.68. The van der Waals surface area contributed by atoms with Gasteiger partial charge in [-0.2, -0.15) is 5.10 Å². The highest BCUT2D eigenvalue weighted by Gasteiger charge is 2.27. The van der Waals surface area contributed by atoms with E-state index in [0.29, 0.717) is 11.6 Å². The molecule has 1 aromatic rings. The average Bonchev–Trinajstić information content (AvgIpc) is 2.66. The SMILES string of the molecule is Cc1[nH]nc(CO)c1S(=O)(=O)NC1CCCC(C)CC1. The molecule has 2 rings (SSSR count). The first-order chi connectivity index (χ1) is 9.44. The summed E-state index contributed by atoms with van der Waals surface area (Å²) >= 11 is 0. The monoisotopic (exact) mass is 301 g/mol. The molecule has 1 aliphatic rings. The Morgan fingerprint density at radius 1 is 1.35 bits per heavy atom. The minimum Gasteiger partial charge on any atom is -0.390 e. The molecule has 2 atom stereocenters. The van der Waals surface area contributed by atoms with Crippen molar-refractivity contribution >= 4 is 10.0 Å². The number of aromatic nitrogens is 2. The summed E-state index contributed by atoms with van der Waals surface area (Å²) in [4.78, 5) is 0.0947. The van der Waals surface area contributed by atoms with E-state index in [4.69, 9.17) is 0 Å². The van der Waals surface area contributed by atoms with E-state index in [2.05, 4.69) is 21.8 Å². The number of hydrogen-bond donors (Lipinski definition) is 3. The summed E-state index contributed by atoms with van der Waals surface area (Å²) in [6, 6.07) is -0.0224. The highest BCUT2D eigenvalue weighted by atomic mass is 32.2. The molecule has 0 bridgehead atoms. The third kappa shape index (κ3) is 3.39. The van der Waals surface area contributed by atoms with Crippen molar-refractivity contribution in [2.45, 2.75) is 63.5 Å². The zero-order valence-electron chi connectivity index (χ0n) is 12.0. The Kier molecular flexibility index (Phi) is 4.82. The molecule has 1 fully saturated rings. The fourth-order valence-corrected chi connectivity index (χ4v) is 4.48. The van der Waals surface area contributed by atoms with Crippen LogP contribution in [-0.4, -0.2) is 29.8 Å². The Morgan fingerprint density at radius 3 is 2.80 bits per heavy atom. The second kappa shape index (κ2) is 6.24. The maximum Gasteiger partial charge on any atom is 0.244 e. The van der Waals surface area contributed by atoms with E-state index in [1.54, 1.807) is 6.92 Å². The summed E-state index contributed by atoms with van der Waals surface area (Å²) < 4.78 is 27.7. The van der Waals surface area contributed by atoms with Gasteiger partial charge >= 0.3 is 0 Å². The number of hydrogen-bond acceptors (Lipinski definition) is 4. The van der Waals surface area contributed by atoms with Gasteiger partial charge in [0.2, 0.25) is 10.0 Å². The zero-order valence-corrected chi connectivity index (χ0v) is 12.8. The molecule has 1 aromatic heterocycles. The lowest BCUT2D eigenvalue weighted by Crippen LogP contribution is -2.35. The summed E-state index contributed by atoms with van der Waals surface area (Å²) in [6.07, 6.45) is 4.99. The van der Waals surface area contributed by atoms with Gasteiger partial charge in [0.05, 0.1) is 12.3 Å². The maximum atomic E-state index is 12.5. The molecule has 3 N–H and O–H groups in total. The predicted molar refractivity (Wildman–Crippen MR) is 75.6 cm³/mol. The summed E-state index contributed by atoms with van der Waals surface area (Å²) in [5.41, 5.74) is 0.639. The Morgan fingerprint density at radius 2 is 2.10 bits per heavy atom. The number of aryl methyl sites for hydroxylation is 1. The first kappa shape index (κ1) is 15.5. The molecule has 20 heavy (non-hydrogen) atoms. The molecular formula is C13H23N3O3S. The van der Waals surface area contributed by atoms with Crippen molar-refractivity contribution in [1.29, 1.82) is 0 Å². The van der Waals surface area contributed by atoms with Crippen molar-refractivity contribution in [3.63, 3.8) is 0 Å². The van der Waals surface area contributed by atoms with Crippen molar-refractivity contribution in [3.05, 3.63) is 11.4 Å². The quantitative estimate of drug-likeness (QED) is 0.734. The fourth-order valence-electron chi connectivity index (χ4n) is 2.82. The lowest BCUT2D eigenvalue weighted by Gasteiger charge is -2.16. The number of aliphatic hydroxyl groups is 1. The smallest absolute Gasteiger partial charge is 0.244 e. The number of nitrogens with one attached hydrogen (secondary N) is 2. The van der Waals surface area contributed by atoms with Crippen molar-refractivity contribution in [2.75, 3.05) is 0 Å². The number of H-pyrrole nitrogens is 1. The van der Waals surface area contributed by atoms with Crippen molar-refractivity contribution in [3.8, 4) is 0 Å². The van der Waals surface area contributed by atoms with Gasteiger partial charge in [-0.05, 0) is 32.1 Å². The van der Waals surface area contributed by atoms with Crippen LogP contribution in [0.15, 0.2) is 4.90 Å². The predicted octanol–water partition coefficient (Wildman–Crippen LogP) is 1.46. The Labute approximate surface area is 120 Å². The minimum atomic E-state index is -3.63. The van der Waals surface area contributed by atoms with Gasteiger partial charge in [-0.25, -0.2) is 13.1 Å². The van der Waals surface area contributed by atoms with E-state index in [1.165, 1.54) is 0 Å². The van der Waals surface area contributed by atoms with Crippen LogP contribution in [0.25, 0.3) is 0 Å². The van der Waals surface area contributed by atoms with Gasteiger partial charge in [-0.15, -0.1) is 0 Å². The molecule has 1 heterocycles. The van der Waals surface area contributed by atoms with E-state index in [-0.39, 0.29) is 23.2 Å². The molecule has 0 radical (unpaired) electrons. The number of aliphatic hydroxyl groups excluding tert-OH is 1. The maximum absolute atomic E-state index is 12.5. The standard InChI is InChI=1S/C13H23N3O3S/c1-9-4-3-5-11(7-6-9)16-20(18,19)13-10(2)14-15-12(13)8-17/h9,11,16-17H,3-8H2,1-2H3,(H,14,15). The molecule has 1 aliphatic carbocycles. The molecule has 0 spiro atoms. The molecule has 2 unspecified atom stereocenters. The van der Waals surface area contributed by atoms with E-state index >= 15 is 0 Å². The van der Waals surface area contributed by atoms with E-state index in [0.717, 1.165) is 32.1 Å². The minimum absolute atomic E-state index is 0.0224. The molecule has 0 aliphatic heterocycles. The van der Waals surface area contributed by atoms with Gasteiger partial charge in [-0.1, -0.05) is 19.8 Å². The third-order valence-electron chi connectivity index (χ3n) is 3.96. The lowest BCUT2D eigenvalue weighted by molar-refractivity contribution is 0.273. The van der Waals surface area contributed by atoms with E-state index in [1.807, 2.05) is 0 Å². The molecular weight excluding hydrogens is 278 g/mol. The number of sulfonamides is 1. The van der Waals surface area contributed by atoms with Crippen LogP contribution in [0.2, 0.25) is 0 Å². The highest BCUT2D eigenvalue weighted by Crippen LogP contribution is 2.25. The topological polar surface area (TPSA) is 95.1 Å². The summed E-state index contributed by atoms with van der Waals surface area (Å²) in [7, 11) is -3.63. The van der Waals surface area contributed by atoms with Gasteiger partial charge in [0.15, 0.2) is 0 Å². The lowest BCUT2D eigenvalue weighted by atomic mass is 10.0. The van der Waals surface area contributed by atoms with Crippen molar-refractivity contribution < 1.29 is 13.5 Å². The largest absolute Gasteiger partial charge is 0.390 e. The van der Waals surface area contributed by atoms with Gasteiger partial charge in [-0.3, -0.25) is 5.10 Å². The van der Waals surface area contributed by atoms with E-state index in [9.17, 15) is 13.5 Å². The first-order valence-corrected chi connectivity index (χ1v) is 8.59. The van der Waals surface area contributed by atoms with Crippen LogP contribution < -0.4 is 4.72 Å². The average molecular weight is 301 g/mol. The van der Waals surface area contributed by atoms with Gasteiger partial charge < -0.3 is 5.11 Å². The Hall–Kier alpha value is -0.920. The number of aromatic amines is 1. The van der Waals surface area contributed by atoms with Gasteiger partial charge in [0.1, 0.15) is 10.6 Å². The van der Waals surface area contributed by atoms with Crippen LogP contribution in [-0.2, 0) is 16.6 Å². The summed E-state index contributed by atoms with van der Waals surface area (Å²) in [5.74, 6) is 0.660. The van der Waals surface area contributed by atoms with Crippen molar-refractivity contribution in [2.24, 2.45) is 5.92 Å². The van der Waals surface area contributed by atoms with Gasteiger partial charge in [0, 0.05) is 6.04 Å². The second-order valence-corrected chi connectivity index (χ2v) is 7.36. The molecule has 1 saturated carbocycles. The second-order valence-electron chi connectivity index (χ2n) is 5.71. The molecule has 0 amide bonds. The fraction of sp³-hybridized carbons (Fsp3) is 0.769. The van der Waals surface area contributed by atoms with Crippen molar-refractivity contribution in [1.82, 2.24) is 14.9 Å². The Balaban J connectivity index is 2.16. The Bertz CT molecular complexity index is 553. The molecule has 0 saturated heterocycles. The van der Waals surface area contributed by atoms with Crippen LogP contribution >= 0.6 is 0 Å². The molecule has 7 heteroatoms. The highest BCUT2D eigenvalue weighted by molar-refractivity contribution is 7.89. The summed E-state index contributed by atoms with van der Waals surface area (Å²) in [6.45, 7) is 3.47. The van der Waals surface area contributed by atoms with Crippen LogP contribution in [0.5, 0.6) is 0 Å². The van der Waals surface area contributed by atoms with Crippen LogP contribution in [0.3, 0.4) is 0 Å². The van der Waals surface area contributed by atoms with E-state index < -0.39 is 10.0 Å².